The van der Waals surface area contributed by atoms with Crippen molar-refractivity contribution in [2.75, 3.05) is 51.3 Å². The quantitative estimate of drug-likeness (QED) is 0.483. The molecule has 0 spiro atoms. The van der Waals surface area contributed by atoms with E-state index in [0.717, 1.165) is 57.1 Å². The molecule has 5 rings (SSSR count). The van der Waals surface area contributed by atoms with E-state index in [1.165, 1.54) is 5.56 Å². The monoisotopic (exact) mass is 507 g/mol. The van der Waals surface area contributed by atoms with E-state index in [1.54, 1.807) is 18.5 Å². The number of piperazine rings is 1. The molecule has 2 aliphatic heterocycles. The number of carbonyl (C=O) groups is 1. The number of nitrogens with zero attached hydrogens (tertiary/aromatic N) is 7. The van der Waals surface area contributed by atoms with E-state index in [0.29, 0.717) is 36.3 Å². The van der Waals surface area contributed by atoms with Crippen LogP contribution in [-0.4, -0.2) is 94.0 Å². The van der Waals surface area contributed by atoms with Gasteiger partial charge in [0.25, 0.3) is 0 Å². The lowest BCUT2D eigenvalue weighted by Gasteiger charge is -2.44. The van der Waals surface area contributed by atoms with Crippen molar-refractivity contribution in [1.29, 1.82) is 0 Å². The van der Waals surface area contributed by atoms with Gasteiger partial charge in [-0.25, -0.2) is 0 Å². The van der Waals surface area contributed by atoms with E-state index >= 15 is 0 Å². The predicted octanol–water partition coefficient (Wildman–Crippen LogP) is 2.84. The number of piperidine rings is 1. The molecule has 2 fully saturated rings. The number of rotatable bonds is 7. The third kappa shape index (κ3) is 5.49. The molecule has 0 N–H and O–H groups in total. The first-order valence-corrected chi connectivity index (χ1v) is 13.2. The molecule has 198 valence electrons. The van der Waals surface area contributed by atoms with Crippen molar-refractivity contribution in [3.8, 4) is 11.8 Å². The molecule has 4 heterocycles. The van der Waals surface area contributed by atoms with Gasteiger partial charge in [0.15, 0.2) is 5.65 Å². The Balaban J connectivity index is 1.10. The molecule has 0 saturated carbocycles. The van der Waals surface area contributed by atoms with Crippen LogP contribution >= 0.6 is 0 Å². The van der Waals surface area contributed by atoms with Crippen molar-refractivity contribution < 1.29 is 14.3 Å². The summed E-state index contributed by atoms with van der Waals surface area (Å²) in [5.41, 5.74) is 2.04. The summed E-state index contributed by atoms with van der Waals surface area (Å²) in [5, 5.41) is 12.8. The third-order valence-corrected chi connectivity index (χ3v) is 7.74. The number of fused-ring (bicyclic) bond motifs is 1. The van der Waals surface area contributed by atoms with Crippen LogP contribution in [0.3, 0.4) is 0 Å². The summed E-state index contributed by atoms with van der Waals surface area (Å²) >= 11 is 0. The van der Waals surface area contributed by atoms with Gasteiger partial charge in [0.05, 0.1) is 7.11 Å². The number of ether oxygens (including phenoxy) is 2. The number of hydrogen-bond donors (Lipinski definition) is 0. The van der Waals surface area contributed by atoms with Crippen molar-refractivity contribution in [2.45, 2.75) is 51.6 Å². The first kappa shape index (κ1) is 25.3. The lowest BCUT2D eigenvalue weighted by Crippen LogP contribution is -2.58. The summed E-state index contributed by atoms with van der Waals surface area (Å²) < 4.78 is 13.0. The summed E-state index contributed by atoms with van der Waals surface area (Å²) in [6.45, 7) is 11.0. The molecular formula is C27H37N7O3. The minimum absolute atomic E-state index is 0.159. The zero-order valence-electron chi connectivity index (χ0n) is 22.2. The number of carbonyl (C=O) groups excluding carboxylic acids is 1. The predicted molar refractivity (Wildman–Crippen MR) is 141 cm³/mol. The highest BCUT2D eigenvalue weighted by Gasteiger charge is 2.30. The smallest absolute Gasteiger partial charge is 0.338 e. The van der Waals surface area contributed by atoms with Gasteiger partial charge in [0.2, 0.25) is 5.91 Å². The molecule has 10 nitrogen and oxygen atoms in total. The fourth-order valence-corrected chi connectivity index (χ4v) is 5.66. The molecule has 1 amide bonds. The van der Waals surface area contributed by atoms with Gasteiger partial charge in [-0.1, -0.05) is 17.2 Å². The van der Waals surface area contributed by atoms with Crippen LogP contribution in [0.15, 0.2) is 36.4 Å². The summed E-state index contributed by atoms with van der Waals surface area (Å²) in [7, 11) is 1.58. The number of benzene rings is 1. The van der Waals surface area contributed by atoms with Crippen molar-refractivity contribution in [3.63, 3.8) is 0 Å². The largest absolute Gasteiger partial charge is 0.492 e. The van der Waals surface area contributed by atoms with E-state index in [9.17, 15) is 4.79 Å². The van der Waals surface area contributed by atoms with Gasteiger partial charge in [-0.2, -0.15) is 4.52 Å². The fourth-order valence-electron chi connectivity index (χ4n) is 5.66. The minimum atomic E-state index is 0.159. The summed E-state index contributed by atoms with van der Waals surface area (Å²) in [5.74, 6) is 2.51. The topological polar surface area (TPSA) is 88.3 Å². The number of aromatic nitrogens is 4. The maximum absolute atomic E-state index is 11.7. The zero-order valence-corrected chi connectivity index (χ0v) is 22.2. The summed E-state index contributed by atoms with van der Waals surface area (Å²) in [4.78, 5) is 18.4. The molecule has 10 heteroatoms. The van der Waals surface area contributed by atoms with Gasteiger partial charge in [0.1, 0.15) is 18.2 Å². The van der Waals surface area contributed by atoms with Crippen LogP contribution in [0.25, 0.3) is 5.65 Å². The Morgan fingerprint density at radius 1 is 1.00 bits per heavy atom. The Kier molecular flexibility index (Phi) is 7.45. The maximum Gasteiger partial charge on any atom is 0.338 e. The van der Waals surface area contributed by atoms with Crippen LogP contribution in [0.5, 0.6) is 11.8 Å². The molecule has 2 unspecified atom stereocenters. The van der Waals surface area contributed by atoms with Crippen molar-refractivity contribution in [1.82, 2.24) is 29.6 Å². The number of amides is 1. The average Bonchev–Trinajstić information content (AvgIpc) is 3.33. The molecule has 2 saturated heterocycles. The molecular weight excluding hydrogens is 470 g/mol. The second-order valence-electron chi connectivity index (χ2n) is 10.2. The van der Waals surface area contributed by atoms with Gasteiger partial charge in [-0.05, 0) is 62.4 Å². The third-order valence-electron chi connectivity index (χ3n) is 7.74. The second kappa shape index (κ2) is 10.9. The Morgan fingerprint density at radius 3 is 2.35 bits per heavy atom. The molecule has 0 aliphatic carbocycles. The molecule has 2 atom stereocenters. The first-order valence-electron chi connectivity index (χ1n) is 13.2. The van der Waals surface area contributed by atoms with Crippen molar-refractivity contribution >= 4 is 17.4 Å². The molecule has 2 aliphatic rings. The SMILES string of the molecule is COc1nnc2ccc(N3CCC(c4ccc(OCCN5C(C)CN(C(C)=O)CC5C)cc4)CC3)nn12. The highest BCUT2D eigenvalue weighted by Crippen LogP contribution is 2.31. The van der Waals surface area contributed by atoms with Crippen LogP contribution in [0, 0.1) is 0 Å². The highest BCUT2D eigenvalue weighted by atomic mass is 16.5. The van der Waals surface area contributed by atoms with Gasteiger partial charge in [-0.15, -0.1) is 10.2 Å². The molecule has 0 radical (unpaired) electrons. The van der Waals surface area contributed by atoms with Gasteiger partial charge in [0, 0.05) is 51.7 Å². The van der Waals surface area contributed by atoms with E-state index in [1.807, 2.05) is 17.0 Å². The highest BCUT2D eigenvalue weighted by molar-refractivity contribution is 5.73. The van der Waals surface area contributed by atoms with E-state index < -0.39 is 0 Å². The zero-order chi connectivity index (χ0) is 25.9. The van der Waals surface area contributed by atoms with Gasteiger partial charge < -0.3 is 19.3 Å². The molecule has 2 aromatic heterocycles. The van der Waals surface area contributed by atoms with Crippen LogP contribution in [0.2, 0.25) is 0 Å². The molecule has 1 aromatic carbocycles. The van der Waals surface area contributed by atoms with E-state index in [-0.39, 0.29) is 5.91 Å². The molecule has 3 aromatic rings. The molecule has 37 heavy (non-hydrogen) atoms. The van der Waals surface area contributed by atoms with Gasteiger partial charge in [-0.3, -0.25) is 9.69 Å². The molecule has 0 bridgehead atoms. The lowest BCUT2D eigenvalue weighted by molar-refractivity contribution is -0.133. The average molecular weight is 508 g/mol. The number of anilines is 1. The number of hydrogen-bond acceptors (Lipinski definition) is 8. The Morgan fingerprint density at radius 2 is 1.70 bits per heavy atom. The standard InChI is InChI=1S/C27H37N7O3/c1-19-17-32(21(3)35)18-20(2)33(19)15-16-37-24-7-5-22(6-8-24)23-11-13-31(14-12-23)26-10-9-25-28-29-27(36-4)34(25)30-26/h5-10,19-20,23H,11-18H2,1-4H3. The fraction of sp³-hybridized carbons (Fsp3) is 0.556. The van der Waals surface area contributed by atoms with E-state index in [2.05, 4.69) is 63.2 Å². The van der Waals surface area contributed by atoms with Crippen LogP contribution < -0.4 is 14.4 Å². The lowest BCUT2D eigenvalue weighted by atomic mass is 9.89. The van der Waals surface area contributed by atoms with Gasteiger partial charge >= 0.3 is 6.01 Å². The van der Waals surface area contributed by atoms with Crippen LogP contribution in [0.1, 0.15) is 45.1 Å². The number of methoxy groups -OCH3 is 1. The minimum Gasteiger partial charge on any atom is -0.492 e. The summed E-state index contributed by atoms with van der Waals surface area (Å²) in [6.07, 6.45) is 2.14. The summed E-state index contributed by atoms with van der Waals surface area (Å²) in [6, 6.07) is 13.6. The Labute approximate surface area is 218 Å². The Hall–Kier alpha value is -3.40. The van der Waals surface area contributed by atoms with Crippen LogP contribution in [0.4, 0.5) is 5.82 Å². The maximum atomic E-state index is 11.7. The van der Waals surface area contributed by atoms with Crippen molar-refractivity contribution in [3.05, 3.63) is 42.0 Å². The Bertz CT molecular complexity index is 1190. The van der Waals surface area contributed by atoms with Crippen molar-refractivity contribution in [2.24, 2.45) is 0 Å². The first-order chi connectivity index (χ1) is 17.9. The second-order valence-corrected chi connectivity index (χ2v) is 10.2. The van der Waals surface area contributed by atoms with Crippen LogP contribution in [-0.2, 0) is 4.79 Å². The van der Waals surface area contributed by atoms with E-state index in [4.69, 9.17) is 9.47 Å². The normalized spacial score (nSPS) is 21.4.